The van der Waals surface area contributed by atoms with Crippen molar-refractivity contribution in [2.45, 2.75) is 32.4 Å². The first-order valence-electron chi connectivity index (χ1n) is 9.03. The van der Waals surface area contributed by atoms with Crippen LogP contribution in [0, 0.1) is 0 Å². The summed E-state index contributed by atoms with van der Waals surface area (Å²) >= 11 is 0. The molecule has 0 aromatic heterocycles. The molecule has 0 radical (unpaired) electrons. The van der Waals surface area contributed by atoms with Crippen LogP contribution in [-0.2, 0) is 16.0 Å². The van der Waals surface area contributed by atoms with Gasteiger partial charge in [-0.3, -0.25) is 9.59 Å². The van der Waals surface area contributed by atoms with Crippen LogP contribution < -0.4 is 15.0 Å². The zero-order chi connectivity index (χ0) is 19.4. The largest absolute Gasteiger partial charge is 0.497 e. The summed E-state index contributed by atoms with van der Waals surface area (Å²) < 4.78 is 5.11. The monoisotopic (exact) mass is 364 g/mol. The highest BCUT2D eigenvalue weighted by atomic mass is 16.5. The van der Waals surface area contributed by atoms with Crippen molar-refractivity contribution in [3.05, 3.63) is 65.7 Å². The van der Waals surface area contributed by atoms with E-state index in [1.807, 2.05) is 55.5 Å². The highest BCUT2D eigenvalue weighted by Crippen LogP contribution is 2.32. The summed E-state index contributed by atoms with van der Waals surface area (Å²) in [7, 11) is 1.61. The Kier molecular flexibility index (Phi) is 5.60. The zero-order valence-electron chi connectivity index (χ0n) is 15.8. The first kappa shape index (κ1) is 18.7. The summed E-state index contributed by atoms with van der Waals surface area (Å²) in [6, 6.07) is 14.8. The number of carbonyl (C=O) groups excluding carboxylic acids is 2. The quantitative estimate of drug-likeness (QED) is 0.829. The van der Waals surface area contributed by atoms with Gasteiger partial charge in [0, 0.05) is 17.8 Å². The van der Waals surface area contributed by atoms with Gasteiger partial charge in [0.05, 0.1) is 7.11 Å². The number of hydrogen-bond acceptors (Lipinski definition) is 3. The Morgan fingerprint density at radius 3 is 2.59 bits per heavy atom. The van der Waals surface area contributed by atoms with E-state index in [1.54, 1.807) is 25.0 Å². The molecule has 2 unspecified atom stereocenters. The van der Waals surface area contributed by atoms with Gasteiger partial charge in [0.25, 0.3) is 0 Å². The van der Waals surface area contributed by atoms with Crippen molar-refractivity contribution in [2.24, 2.45) is 0 Å². The molecule has 1 aliphatic heterocycles. The molecule has 0 saturated heterocycles. The molecule has 5 nitrogen and oxygen atoms in total. The van der Waals surface area contributed by atoms with E-state index in [0.29, 0.717) is 0 Å². The number of nitrogens with zero attached hydrogens (tertiary/aromatic N) is 1. The highest BCUT2D eigenvalue weighted by molar-refractivity contribution is 6.02. The first-order chi connectivity index (χ1) is 13.0. The third kappa shape index (κ3) is 4.19. The second-order valence-corrected chi connectivity index (χ2v) is 6.73. The van der Waals surface area contributed by atoms with Gasteiger partial charge in [0.15, 0.2) is 0 Å². The van der Waals surface area contributed by atoms with E-state index in [0.717, 1.165) is 29.0 Å². The Labute approximate surface area is 159 Å². The molecular weight excluding hydrogens is 340 g/mol. The minimum absolute atomic E-state index is 0.0871. The number of hydrogen-bond donors (Lipinski definition) is 1. The van der Waals surface area contributed by atoms with Gasteiger partial charge >= 0.3 is 0 Å². The van der Waals surface area contributed by atoms with E-state index < -0.39 is 6.04 Å². The number of fused-ring (bicyclic) bond motifs is 1. The van der Waals surface area contributed by atoms with E-state index in [4.69, 9.17) is 4.74 Å². The van der Waals surface area contributed by atoms with Crippen LogP contribution in [-0.4, -0.2) is 31.0 Å². The molecule has 0 fully saturated rings. The fraction of sp³-hybridized carbons (Fsp3) is 0.273. The molecule has 1 aliphatic rings. The van der Waals surface area contributed by atoms with Crippen LogP contribution in [0.5, 0.6) is 5.75 Å². The van der Waals surface area contributed by atoms with Crippen LogP contribution in [0.4, 0.5) is 5.69 Å². The molecule has 1 N–H and O–H groups in total. The van der Waals surface area contributed by atoms with Crippen LogP contribution in [0.3, 0.4) is 0 Å². The van der Waals surface area contributed by atoms with Crippen molar-refractivity contribution in [3.63, 3.8) is 0 Å². The normalized spacial score (nSPS) is 16.9. The van der Waals surface area contributed by atoms with Gasteiger partial charge in [-0.25, -0.2) is 0 Å². The third-order valence-electron chi connectivity index (χ3n) is 4.72. The summed E-state index contributed by atoms with van der Waals surface area (Å²) in [4.78, 5) is 26.9. The molecule has 5 heteroatoms. The van der Waals surface area contributed by atoms with Crippen molar-refractivity contribution >= 4 is 23.6 Å². The maximum Gasteiger partial charge on any atom is 0.249 e. The average molecular weight is 364 g/mol. The maximum atomic E-state index is 12.9. The Morgan fingerprint density at radius 1 is 1.19 bits per heavy atom. The molecule has 27 heavy (non-hydrogen) atoms. The van der Waals surface area contributed by atoms with Crippen LogP contribution in [0.1, 0.15) is 25.0 Å². The number of amides is 2. The second-order valence-electron chi connectivity index (χ2n) is 6.73. The number of benzene rings is 2. The van der Waals surface area contributed by atoms with Crippen LogP contribution in [0.2, 0.25) is 0 Å². The molecule has 0 aliphatic carbocycles. The summed E-state index contributed by atoms with van der Waals surface area (Å²) in [5.74, 6) is 0.362. The van der Waals surface area contributed by atoms with Gasteiger partial charge in [-0.1, -0.05) is 30.3 Å². The number of anilines is 1. The number of carbonyl (C=O) groups is 2. The Morgan fingerprint density at radius 2 is 1.89 bits per heavy atom. The molecule has 0 saturated carbocycles. The fourth-order valence-electron chi connectivity index (χ4n) is 3.32. The van der Waals surface area contributed by atoms with Crippen molar-refractivity contribution < 1.29 is 14.3 Å². The predicted molar refractivity (Wildman–Crippen MR) is 107 cm³/mol. The van der Waals surface area contributed by atoms with Gasteiger partial charge in [-0.2, -0.15) is 0 Å². The van der Waals surface area contributed by atoms with Crippen LogP contribution in [0.15, 0.2) is 54.6 Å². The van der Waals surface area contributed by atoms with Gasteiger partial charge in [0.2, 0.25) is 11.8 Å². The first-order valence-corrected chi connectivity index (χ1v) is 9.03. The number of ether oxygens (including phenoxy) is 1. The molecule has 2 atom stereocenters. The lowest BCUT2D eigenvalue weighted by atomic mass is 10.1. The van der Waals surface area contributed by atoms with Gasteiger partial charge in [-0.05, 0) is 55.7 Å². The minimum Gasteiger partial charge on any atom is -0.497 e. The van der Waals surface area contributed by atoms with Crippen molar-refractivity contribution in [1.82, 2.24) is 5.32 Å². The predicted octanol–water partition coefficient (Wildman–Crippen LogP) is 3.19. The van der Waals surface area contributed by atoms with E-state index in [9.17, 15) is 9.59 Å². The van der Waals surface area contributed by atoms with Gasteiger partial charge in [-0.15, -0.1) is 0 Å². The second kappa shape index (κ2) is 8.08. The molecule has 0 bridgehead atoms. The molecule has 3 rings (SSSR count). The van der Waals surface area contributed by atoms with E-state index >= 15 is 0 Å². The molecule has 2 aromatic rings. The average Bonchev–Trinajstić information content (AvgIpc) is 3.01. The highest BCUT2D eigenvalue weighted by Gasteiger charge is 2.33. The zero-order valence-corrected chi connectivity index (χ0v) is 15.8. The Balaban J connectivity index is 1.62. The maximum absolute atomic E-state index is 12.9. The van der Waals surface area contributed by atoms with E-state index in [2.05, 4.69) is 5.32 Å². The van der Waals surface area contributed by atoms with E-state index in [1.165, 1.54) is 6.08 Å². The lowest BCUT2D eigenvalue weighted by molar-refractivity contribution is -0.125. The van der Waals surface area contributed by atoms with Gasteiger partial charge < -0.3 is 15.0 Å². The molecule has 140 valence electrons. The summed E-state index contributed by atoms with van der Waals surface area (Å²) in [5.41, 5.74) is 2.98. The number of nitrogens with one attached hydrogen (secondary N) is 1. The van der Waals surface area contributed by atoms with Crippen molar-refractivity contribution in [1.29, 1.82) is 0 Å². The number of rotatable bonds is 5. The third-order valence-corrected chi connectivity index (χ3v) is 4.72. The molecular formula is C22H24N2O3. The molecule has 1 heterocycles. The number of methoxy groups -OCH3 is 1. The van der Waals surface area contributed by atoms with Crippen molar-refractivity contribution in [2.75, 3.05) is 12.0 Å². The number of para-hydroxylation sites is 1. The lowest BCUT2D eigenvalue weighted by Crippen LogP contribution is -2.48. The Hall–Kier alpha value is -3.08. The molecule has 0 spiro atoms. The molecule has 2 amide bonds. The molecule has 2 aromatic carbocycles. The van der Waals surface area contributed by atoms with Gasteiger partial charge in [0.1, 0.15) is 11.8 Å². The smallest absolute Gasteiger partial charge is 0.249 e. The fourth-order valence-corrected chi connectivity index (χ4v) is 3.32. The summed E-state index contributed by atoms with van der Waals surface area (Å²) in [5, 5.41) is 2.76. The van der Waals surface area contributed by atoms with Crippen LogP contribution >= 0.6 is 0 Å². The SMILES string of the molecule is COc1ccc(/C=C/C(=O)NC(C)C(=O)N2c3ccccc3CC2C)cc1. The van der Waals surface area contributed by atoms with Crippen LogP contribution in [0.25, 0.3) is 6.08 Å². The summed E-state index contributed by atoms with van der Waals surface area (Å²) in [6.07, 6.45) is 3.98. The lowest BCUT2D eigenvalue weighted by Gasteiger charge is -2.26. The van der Waals surface area contributed by atoms with E-state index in [-0.39, 0.29) is 17.9 Å². The standard InChI is InChI=1S/C22H24N2O3/c1-15-14-18-6-4-5-7-20(18)24(15)22(26)16(2)23-21(25)13-10-17-8-11-19(27-3)12-9-17/h4-13,15-16H,14H2,1-3H3,(H,23,25)/b13-10+. The Bertz CT molecular complexity index is 858. The summed E-state index contributed by atoms with van der Waals surface area (Å²) in [6.45, 7) is 3.74. The van der Waals surface area contributed by atoms with Crippen molar-refractivity contribution in [3.8, 4) is 5.75 Å². The minimum atomic E-state index is -0.605. The topological polar surface area (TPSA) is 58.6 Å².